The van der Waals surface area contributed by atoms with Crippen molar-refractivity contribution in [1.82, 2.24) is 14.9 Å². The second kappa shape index (κ2) is 7.81. The minimum atomic E-state index is -0.131. The van der Waals surface area contributed by atoms with E-state index in [1.807, 2.05) is 18.3 Å². The van der Waals surface area contributed by atoms with Gasteiger partial charge in [-0.1, -0.05) is 30.7 Å². The number of aromatic nitrogens is 2. The number of rotatable bonds is 7. The lowest BCUT2D eigenvalue weighted by molar-refractivity contribution is -0.116. The molecular formula is C15H19ClN4O. The highest BCUT2D eigenvalue weighted by molar-refractivity contribution is 6.33. The third-order valence-electron chi connectivity index (χ3n) is 2.89. The van der Waals surface area contributed by atoms with E-state index in [1.165, 1.54) is 0 Å². The number of benzene rings is 1. The van der Waals surface area contributed by atoms with Gasteiger partial charge in [0, 0.05) is 12.7 Å². The lowest BCUT2D eigenvalue weighted by atomic mass is 10.3. The first-order valence-electron chi connectivity index (χ1n) is 6.94. The lowest BCUT2D eigenvalue weighted by Crippen LogP contribution is -2.18. The monoisotopic (exact) mass is 306 g/mol. The van der Waals surface area contributed by atoms with Gasteiger partial charge < -0.3 is 15.2 Å². The number of halogens is 1. The van der Waals surface area contributed by atoms with Crippen molar-refractivity contribution < 1.29 is 4.79 Å². The molecule has 0 atom stereocenters. The summed E-state index contributed by atoms with van der Waals surface area (Å²) in [6, 6.07) is 7.17. The Morgan fingerprint density at radius 3 is 2.95 bits per heavy atom. The zero-order chi connectivity index (χ0) is 15.1. The zero-order valence-electron chi connectivity index (χ0n) is 12.0. The fourth-order valence-electron chi connectivity index (χ4n) is 1.90. The van der Waals surface area contributed by atoms with Gasteiger partial charge in [0.05, 0.1) is 22.7 Å². The first kappa shape index (κ1) is 15.5. The van der Waals surface area contributed by atoms with Gasteiger partial charge in [-0.2, -0.15) is 0 Å². The van der Waals surface area contributed by atoms with Crippen LogP contribution in [0.15, 0.2) is 36.8 Å². The smallest absolute Gasteiger partial charge is 0.244 e. The zero-order valence-corrected chi connectivity index (χ0v) is 12.7. The number of para-hydroxylation sites is 1. The fraction of sp³-hybridized carbons (Fsp3) is 0.333. The fourth-order valence-corrected chi connectivity index (χ4v) is 2.08. The summed E-state index contributed by atoms with van der Waals surface area (Å²) in [6.07, 6.45) is 4.62. The van der Waals surface area contributed by atoms with Crippen molar-refractivity contribution in [3.8, 4) is 0 Å². The van der Waals surface area contributed by atoms with Gasteiger partial charge in [0.2, 0.25) is 5.91 Å². The summed E-state index contributed by atoms with van der Waals surface area (Å²) < 4.78 is 1.76. The second-order valence-corrected chi connectivity index (χ2v) is 5.15. The van der Waals surface area contributed by atoms with Crippen molar-refractivity contribution in [2.75, 3.05) is 11.9 Å². The van der Waals surface area contributed by atoms with Gasteiger partial charge in [0.1, 0.15) is 6.54 Å². The molecule has 112 valence electrons. The van der Waals surface area contributed by atoms with E-state index in [0.29, 0.717) is 17.3 Å². The number of carbonyl (C=O) groups excluding carboxylic acids is 1. The SMILES string of the molecule is CCCNCc1cn(CC(=O)Nc2ccccc2Cl)cn1. The summed E-state index contributed by atoms with van der Waals surface area (Å²) in [4.78, 5) is 16.2. The molecule has 0 unspecified atom stereocenters. The van der Waals surface area contributed by atoms with E-state index in [9.17, 15) is 4.79 Å². The van der Waals surface area contributed by atoms with Crippen molar-refractivity contribution in [2.24, 2.45) is 0 Å². The van der Waals surface area contributed by atoms with Crippen LogP contribution in [0, 0.1) is 0 Å². The van der Waals surface area contributed by atoms with Crippen LogP contribution < -0.4 is 10.6 Å². The van der Waals surface area contributed by atoms with Gasteiger partial charge in [-0.3, -0.25) is 4.79 Å². The number of carbonyl (C=O) groups is 1. The first-order valence-corrected chi connectivity index (χ1v) is 7.32. The molecular weight excluding hydrogens is 288 g/mol. The van der Waals surface area contributed by atoms with Crippen LogP contribution in [-0.4, -0.2) is 22.0 Å². The maximum Gasteiger partial charge on any atom is 0.244 e. The van der Waals surface area contributed by atoms with E-state index >= 15 is 0 Å². The van der Waals surface area contributed by atoms with Crippen LogP contribution in [0.5, 0.6) is 0 Å². The predicted octanol–water partition coefficient (Wildman–Crippen LogP) is 2.67. The highest BCUT2D eigenvalue weighted by Gasteiger charge is 2.07. The number of anilines is 1. The summed E-state index contributed by atoms with van der Waals surface area (Å²) in [7, 11) is 0. The van der Waals surface area contributed by atoms with Gasteiger partial charge in [0.25, 0.3) is 0 Å². The molecule has 1 heterocycles. The average Bonchev–Trinajstić information content (AvgIpc) is 2.89. The molecule has 21 heavy (non-hydrogen) atoms. The summed E-state index contributed by atoms with van der Waals surface area (Å²) in [6.45, 7) is 4.00. The van der Waals surface area contributed by atoms with Crippen LogP contribution >= 0.6 is 11.6 Å². The molecule has 0 spiro atoms. The second-order valence-electron chi connectivity index (χ2n) is 4.74. The van der Waals surface area contributed by atoms with Gasteiger partial charge in [-0.05, 0) is 25.1 Å². The van der Waals surface area contributed by atoms with Crippen LogP contribution in [0.4, 0.5) is 5.69 Å². The molecule has 1 amide bonds. The van der Waals surface area contributed by atoms with Crippen LogP contribution in [0.3, 0.4) is 0 Å². The highest BCUT2D eigenvalue weighted by atomic mass is 35.5. The molecule has 5 nitrogen and oxygen atoms in total. The third-order valence-corrected chi connectivity index (χ3v) is 3.22. The number of hydrogen-bond donors (Lipinski definition) is 2. The quantitative estimate of drug-likeness (QED) is 0.773. The first-order chi connectivity index (χ1) is 10.2. The Morgan fingerprint density at radius 2 is 2.19 bits per heavy atom. The molecule has 2 N–H and O–H groups in total. The molecule has 0 aliphatic heterocycles. The number of amides is 1. The normalized spacial score (nSPS) is 10.6. The molecule has 0 aliphatic rings. The van der Waals surface area contributed by atoms with Crippen molar-refractivity contribution in [1.29, 1.82) is 0 Å². The molecule has 0 aliphatic carbocycles. The predicted molar refractivity (Wildman–Crippen MR) is 84.3 cm³/mol. The van der Waals surface area contributed by atoms with Gasteiger partial charge >= 0.3 is 0 Å². The molecule has 0 fully saturated rings. The average molecular weight is 307 g/mol. The largest absolute Gasteiger partial charge is 0.328 e. The Balaban J connectivity index is 1.87. The number of nitrogens with zero attached hydrogens (tertiary/aromatic N) is 2. The maximum atomic E-state index is 12.0. The summed E-state index contributed by atoms with van der Waals surface area (Å²) in [5.74, 6) is -0.131. The number of hydrogen-bond acceptors (Lipinski definition) is 3. The molecule has 0 radical (unpaired) electrons. The molecule has 1 aromatic carbocycles. The Kier molecular flexibility index (Phi) is 5.78. The molecule has 1 aromatic heterocycles. The van der Waals surface area contributed by atoms with Gasteiger partial charge in [0.15, 0.2) is 0 Å². The summed E-state index contributed by atoms with van der Waals surface area (Å²) >= 11 is 6.00. The Bertz CT molecular complexity index is 597. The van der Waals surface area contributed by atoms with E-state index in [4.69, 9.17) is 11.6 Å². The highest BCUT2D eigenvalue weighted by Crippen LogP contribution is 2.20. The molecule has 0 saturated heterocycles. The van der Waals surface area contributed by atoms with Crippen LogP contribution in [0.1, 0.15) is 19.0 Å². The van der Waals surface area contributed by atoms with E-state index in [1.54, 1.807) is 23.0 Å². The van der Waals surface area contributed by atoms with Gasteiger partial charge in [-0.15, -0.1) is 0 Å². The van der Waals surface area contributed by atoms with E-state index in [0.717, 1.165) is 18.7 Å². The third kappa shape index (κ3) is 4.88. The van der Waals surface area contributed by atoms with E-state index < -0.39 is 0 Å². The lowest BCUT2D eigenvalue weighted by Gasteiger charge is -2.07. The molecule has 2 rings (SSSR count). The Labute approximate surface area is 129 Å². The Hall–Kier alpha value is -1.85. The standard InChI is InChI=1S/C15H19ClN4O/c1-2-7-17-8-12-9-20(11-18-12)10-15(21)19-14-6-4-3-5-13(14)16/h3-6,9,11,17H,2,7-8,10H2,1H3,(H,19,21). The van der Waals surface area contributed by atoms with Crippen molar-refractivity contribution in [2.45, 2.75) is 26.4 Å². The van der Waals surface area contributed by atoms with Crippen LogP contribution in [-0.2, 0) is 17.9 Å². The minimum absolute atomic E-state index is 0.131. The summed E-state index contributed by atoms with van der Waals surface area (Å²) in [5.41, 5.74) is 1.54. The topological polar surface area (TPSA) is 59.0 Å². The van der Waals surface area contributed by atoms with Gasteiger partial charge in [-0.25, -0.2) is 4.98 Å². The minimum Gasteiger partial charge on any atom is -0.328 e. The molecule has 0 saturated carbocycles. The maximum absolute atomic E-state index is 12.0. The molecule has 6 heteroatoms. The summed E-state index contributed by atoms with van der Waals surface area (Å²) in [5, 5.41) is 6.59. The molecule has 0 bridgehead atoms. The van der Waals surface area contributed by atoms with Crippen molar-refractivity contribution >= 4 is 23.2 Å². The van der Waals surface area contributed by atoms with Crippen LogP contribution in [0.25, 0.3) is 0 Å². The Morgan fingerprint density at radius 1 is 1.38 bits per heavy atom. The molecule has 2 aromatic rings. The van der Waals surface area contributed by atoms with E-state index in [-0.39, 0.29) is 12.5 Å². The van der Waals surface area contributed by atoms with Crippen molar-refractivity contribution in [3.63, 3.8) is 0 Å². The number of imidazole rings is 1. The van der Waals surface area contributed by atoms with Crippen molar-refractivity contribution in [3.05, 3.63) is 47.5 Å². The van der Waals surface area contributed by atoms with E-state index in [2.05, 4.69) is 22.5 Å². The van der Waals surface area contributed by atoms with Crippen LogP contribution in [0.2, 0.25) is 5.02 Å². The number of nitrogens with one attached hydrogen (secondary N) is 2.